The van der Waals surface area contributed by atoms with Gasteiger partial charge in [-0.2, -0.15) is 8.78 Å². The number of aromatic nitrogens is 1. The molecule has 0 unspecified atom stereocenters. The van der Waals surface area contributed by atoms with Crippen molar-refractivity contribution in [1.82, 2.24) is 4.98 Å². The second-order valence-electron chi connectivity index (χ2n) is 3.49. The quantitative estimate of drug-likeness (QED) is 0.460. The van der Waals surface area contributed by atoms with Crippen molar-refractivity contribution in [3.8, 4) is 0 Å². The lowest BCUT2D eigenvalue weighted by Crippen LogP contribution is -2.40. The molecular formula is C12H13F2NO3. The van der Waals surface area contributed by atoms with E-state index in [1.165, 1.54) is 25.3 Å². The van der Waals surface area contributed by atoms with Gasteiger partial charge < -0.3 is 4.74 Å². The Balaban J connectivity index is 3.09. The van der Waals surface area contributed by atoms with Gasteiger partial charge in [0.05, 0.1) is 6.61 Å². The fourth-order valence-electron chi connectivity index (χ4n) is 1.39. The first-order valence-corrected chi connectivity index (χ1v) is 5.48. The molecule has 18 heavy (non-hydrogen) atoms. The maximum Gasteiger partial charge on any atom is 0.405 e. The topological polar surface area (TPSA) is 56.3 Å². The molecule has 6 heteroatoms. The number of hydrogen-bond acceptors (Lipinski definition) is 4. The van der Waals surface area contributed by atoms with Crippen LogP contribution in [-0.2, 0) is 16.0 Å². The van der Waals surface area contributed by atoms with E-state index < -0.39 is 23.4 Å². The number of carbonyl (C=O) groups is 2. The van der Waals surface area contributed by atoms with Crippen LogP contribution in [-0.4, -0.2) is 29.3 Å². The average molecular weight is 257 g/mol. The number of Topliss-reactive ketones (excluding diaryl/α,β-unsaturated/α-hetero) is 1. The van der Waals surface area contributed by atoms with Crippen molar-refractivity contribution in [3.63, 3.8) is 0 Å². The van der Waals surface area contributed by atoms with Crippen LogP contribution in [0.5, 0.6) is 0 Å². The van der Waals surface area contributed by atoms with E-state index in [4.69, 9.17) is 0 Å². The number of pyridine rings is 1. The molecule has 4 nitrogen and oxygen atoms in total. The summed E-state index contributed by atoms with van der Waals surface area (Å²) < 4.78 is 31.3. The number of halogens is 2. The molecule has 1 aromatic rings. The minimum absolute atomic E-state index is 0.218. The van der Waals surface area contributed by atoms with Gasteiger partial charge in [-0.1, -0.05) is 13.0 Å². The third-order valence-electron chi connectivity index (χ3n) is 2.30. The molecule has 0 aliphatic carbocycles. The van der Waals surface area contributed by atoms with E-state index in [9.17, 15) is 18.4 Å². The average Bonchev–Trinajstić information content (AvgIpc) is 2.38. The number of alkyl halides is 2. The summed E-state index contributed by atoms with van der Waals surface area (Å²) in [5, 5.41) is 0. The number of nitrogens with zero attached hydrogens (tertiary/aromatic N) is 1. The number of rotatable bonds is 5. The first kappa shape index (κ1) is 14.2. The number of esters is 1. The normalized spacial score (nSPS) is 11.1. The van der Waals surface area contributed by atoms with E-state index in [0.717, 1.165) is 0 Å². The minimum atomic E-state index is -4.20. The van der Waals surface area contributed by atoms with Crippen LogP contribution in [0.3, 0.4) is 0 Å². The van der Waals surface area contributed by atoms with Crippen LogP contribution in [0.4, 0.5) is 8.78 Å². The lowest BCUT2D eigenvalue weighted by atomic mass is 10.0. The lowest BCUT2D eigenvalue weighted by molar-refractivity contribution is -0.164. The predicted molar refractivity (Wildman–Crippen MR) is 59.5 cm³/mol. The maximum atomic E-state index is 13.5. The summed E-state index contributed by atoms with van der Waals surface area (Å²) in [6.45, 7) is 2.87. The summed E-state index contributed by atoms with van der Waals surface area (Å²) in [5.41, 5.74) is -0.0236. The third-order valence-corrected chi connectivity index (χ3v) is 2.30. The molecule has 0 amide bonds. The molecule has 1 heterocycles. The van der Waals surface area contributed by atoms with Crippen molar-refractivity contribution in [1.29, 1.82) is 0 Å². The third kappa shape index (κ3) is 2.69. The molecule has 0 N–H and O–H groups in total. The van der Waals surface area contributed by atoms with Gasteiger partial charge in [0, 0.05) is 6.20 Å². The highest BCUT2D eigenvalue weighted by atomic mass is 19.3. The highest BCUT2D eigenvalue weighted by molar-refractivity contribution is 6.13. The minimum Gasteiger partial charge on any atom is -0.461 e. The van der Waals surface area contributed by atoms with Gasteiger partial charge in [0.25, 0.3) is 5.78 Å². The largest absolute Gasteiger partial charge is 0.461 e. The summed E-state index contributed by atoms with van der Waals surface area (Å²) >= 11 is 0. The smallest absolute Gasteiger partial charge is 0.405 e. The number of ketones is 1. The van der Waals surface area contributed by atoms with Gasteiger partial charge in [-0.25, -0.2) is 4.79 Å². The van der Waals surface area contributed by atoms with E-state index >= 15 is 0 Å². The second-order valence-corrected chi connectivity index (χ2v) is 3.49. The van der Waals surface area contributed by atoms with Crippen LogP contribution in [0.1, 0.15) is 29.9 Å². The summed E-state index contributed by atoms with van der Waals surface area (Å²) in [7, 11) is 0. The van der Waals surface area contributed by atoms with Crippen LogP contribution in [0, 0.1) is 0 Å². The Morgan fingerprint density at radius 2 is 2.06 bits per heavy atom. The maximum absolute atomic E-state index is 13.5. The molecular weight excluding hydrogens is 244 g/mol. The van der Waals surface area contributed by atoms with Crippen molar-refractivity contribution in [2.45, 2.75) is 26.2 Å². The summed E-state index contributed by atoms with van der Waals surface area (Å²) in [5.74, 6) is -7.67. The van der Waals surface area contributed by atoms with Gasteiger partial charge in [-0.05, 0) is 25.0 Å². The van der Waals surface area contributed by atoms with Crippen molar-refractivity contribution < 1.29 is 23.1 Å². The number of ether oxygens (including phenoxy) is 1. The molecule has 1 rings (SSSR count). The summed E-state index contributed by atoms with van der Waals surface area (Å²) in [6.07, 6.45) is 1.60. The Labute approximate surface area is 103 Å². The van der Waals surface area contributed by atoms with Crippen molar-refractivity contribution >= 4 is 11.8 Å². The van der Waals surface area contributed by atoms with Gasteiger partial charge in [-0.3, -0.25) is 9.78 Å². The second kappa shape index (κ2) is 5.66. The molecule has 0 saturated heterocycles. The molecule has 0 aliphatic heterocycles. The number of hydrogen-bond donors (Lipinski definition) is 0. The van der Waals surface area contributed by atoms with E-state index in [2.05, 4.69) is 9.72 Å². The molecule has 0 saturated carbocycles. The molecule has 0 spiro atoms. The SMILES string of the molecule is CCOC(=O)C(F)(F)C(=O)c1ncccc1CC. The Morgan fingerprint density at radius 3 is 2.61 bits per heavy atom. The van der Waals surface area contributed by atoms with Crippen LogP contribution in [0.2, 0.25) is 0 Å². The van der Waals surface area contributed by atoms with E-state index in [-0.39, 0.29) is 6.61 Å². The first-order valence-electron chi connectivity index (χ1n) is 5.48. The van der Waals surface area contributed by atoms with Crippen LogP contribution < -0.4 is 0 Å². The zero-order valence-electron chi connectivity index (χ0n) is 10.1. The van der Waals surface area contributed by atoms with Crippen molar-refractivity contribution in [2.75, 3.05) is 6.61 Å². The van der Waals surface area contributed by atoms with Crippen LogP contribution >= 0.6 is 0 Å². The Bertz CT molecular complexity index is 460. The highest BCUT2D eigenvalue weighted by Gasteiger charge is 2.50. The molecule has 1 aromatic heterocycles. The Morgan fingerprint density at radius 1 is 1.39 bits per heavy atom. The summed E-state index contributed by atoms with van der Waals surface area (Å²) in [4.78, 5) is 26.3. The predicted octanol–water partition coefficient (Wildman–Crippen LogP) is 2.03. The Kier molecular flexibility index (Phi) is 4.47. The zero-order valence-corrected chi connectivity index (χ0v) is 10.1. The van der Waals surface area contributed by atoms with Crippen molar-refractivity contribution in [2.24, 2.45) is 0 Å². The van der Waals surface area contributed by atoms with E-state index in [1.54, 1.807) is 6.92 Å². The van der Waals surface area contributed by atoms with Crippen LogP contribution in [0.25, 0.3) is 0 Å². The molecule has 98 valence electrons. The fraction of sp³-hybridized carbons (Fsp3) is 0.417. The number of aryl methyl sites for hydroxylation is 1. The van der Waals surface area contributed by atoms with Gasteiger partial charge in [0.15, 0.2) is 0 Å². The van der Waals surface area contributed by atoms with E-state index in [0.29, 0.717) is 12.0 Å². The molecule has 0 atom stereocenters. The van der Waals surface area contributed by atoms with Crippen LogP contribution in [0.15, 0.2) is 18.3 Å². The monoisotopic (exact) mass is 257 g/mol. The van der Waals surface area contributed by atoms with Gasteiger partial charge in [0.2, 0.25) is 0 Å². The van der Waals surface area contributed by atoms with Gasteiger partial charge in [0.1, 0.15) is 5.69 Å². The molecule has 0 radical (unpaired) electrons. The highest BCUT2D eigenvalue weighted by Crippen LogP contribution is 2.23. The van der Waals surface area contributed by atoms with Gasteiger partial charge >= 0.3 is 11.9 Å². The molecule has 0 bridgehead atoms. The zero-order chi connectivity index (χ0) is 13.8. The lowest BCUT2D eigenvalue weighted by Gasteiger charge is -2.14. The van der Waals surface area contributed by atoms with Crippen molar-refractivity contribution in [3.05, 3.63) is 29.6 Å². The first-order chi connectivity index (χ1) is 8.45. The standard InChI is InChI=1S/C12H13F2NO3/c1-3-8-6-5-7-15-9(8)10(16)12(13,14)11(17)18-4-2/h5-7H,3-4H2,1-2H3. The Hall–Kier alpha value is -1.85. The number of carbonyl (C=O) groups excluding carboxylic acids is 2. The molecule has 0 aromatic carbocycles. The fourth-order valence-corrected chi connectivity index (χ4v) is 1.39. The van der Waals surface area contributed by atoms with E-state index in [1.807, 2.05) is 0 Å². The molecule has 0 fully saturated rings. The summed E-state index contributed by atoms with van der Waals surface area (Å²) in [6, 6.07) is 3.06. The van der Waals surface area contributed by atoms with Gasteiger partial charge in [-0.15, -0.1) is 0 Å². The molecule has 0 aliphatic rings.